The van der Waals surface area contributed by atoms with Crippen molar-refractivity contribution in [3.05, 3.63) is 52.3 Å². The van der Waals surface area contributed by atoms with Crippen molar-refractivity contribution in [1.29, 1.82) is 0 Å². The molecule has 0 aliphatic heterocycles. The van der Waals surface area contributed by atoms with Crippen molar-refractivity contribution in [2.24, 2.45) is 7.05 Å². The highest BCUT2D eigenvalue weighted by molar-refractivity contribution is 5.31. The molecule has 0 radical (unpaired) electrons. The maximum Gasteiger partial charge on any atom is 0.0540 e. The third-order valence-corrected chi connectivity index (χ3v) is 3.72. The summed E-state index contributed by atoms with van der Waals surface area (Å²) < 4.78 is 1.93. The third-order valence-electron chi connectivity index (χ3n) is 3.72. The summed E-state index contributed by atoms with van der Waals surface area (Å²) in [6.45, 7) is 6.43. The molecule has 3 heteroatoms. The molecule has 0 bridgehead atoms. The molecule has 0 aliphatic carbocycles. The SMILES string of the molecule is CNC(Cc1cc(C)cc(C)c1)c1cnn(C)c1C. The van der Waals surface area contributed by atoms with Gasteiger partial charge in [-0.2, -0.15) is 5.10 Å². The molecule has 102 valence electrons. The number of hydrogen-bond acceptors (Lipinski definition) is 2. The number of hydrogen-bond donors (Lipinski definition) is 1. The molecular formula is C16H23N3. The largest absolute Gasteiger partial charge is 0.313 e. The normalized spacial score (nSPS) is 12.7. The van der Waals surface area contributed by atoms with Crippen LogP contribution in [0, 0.1) is 20.8 Å². The van der Waals surface area contributed by atoms with E-state index in [0.717, 1.165) is 6.42 Å². The Labute approximate surface area is 115 Å². The second kappa shape index (κ2) is 5.57. The Kier molecular flexibility index (Phi) is 4.05. The van der Waals surface area contributed by atoms with E-state index in [1.165, 1.54) is 27.9 Å². The van der Waals surface area contributed by atoms with E-state index in [2.05, 4.69) is 49.4 Å². The number of benzene rings is 1. The fourth-order valence-electron chi connectivity index (χ4n) is 2.65. The molecule has 0 spiro atoms. The van der Waals surface area contributed by atoms with Crippen LogP contribution in [0.3, 0.4) is 0 Å². The number of nitrogens with one attached hydrogen (secondary N) is 1. The van der Waals surface area contributed by atoms with E-state index in [9.17, 15) is 0 Å². The van der Waals surface area contributed by atoms with Gasteiger partial charge in [0.1, 0.15) is 0 Å². The molecule has 0 fully saturated rings. The zero-order valence-corrected chi connectivity index (χ0v) is 12.5. The maximum absolute atomic E-state index is 4.34. The van der Waals surface area contributed by atoms with Gasteiger partial charge in [0.15, 0.2) is 0 Å². The first-order valence-corrected chi connectivity index (χ1v) is 6.74. The molecule has 0 amide bonds. The standard InChI is InChI=1S/C16H23N3/c1-11-6-12(2)8-14(7-11)9-16(17-4)15-10-18-19(5)13(15)3/h6-8,10,16-17H,9H2,1-5H3. The Hall–Kier alpha value is -1.61. The van der Waals surface area contributed by atoms with E-state index in [1.807, 2.05) is 25.0 Å². The van der Waals surface area contributed by atoms with Crippen molar-refractivity contribution in [3.63, 3.8) is 0 Å². The summed E-state index contributed by atoms with van der Waals surface area (Å²) >= 11 is 0. The Morgan fingerprint density at radius 3 is 2.26 bits per heavy atom. The van der Waals surface area contributed by atoms with Crippen LogP contribution < -0.4 is 5.32 Å². The van der Waals surface area contributed by atoms with Crippen molar-refractivity contribution in [3.8, 4) is 0 Å². The molecule has 0 aliphatic rings. The highest BCUT2D eigenvalue weighted by Crippen LogP contribution is 2.22. The molecule has 1 heterocycles. The number of aryl methyl sites for hydroxylation is 3. The number of likely N-dealkylation sites (N-methyl/N-ethyl adjacent to an activating group) is 1. The molecule has 3 nitrogen and oxygen atoms in total. The number of nitrogens with zero attached hydrogens (tertiary/aromatic N) is 2. The predicted octanol–water partition coefficient (Wildman–Crippen LogP) is 2.85. The van der Waals surface area contributed by atoms with Crippen molar-refractivity contribution in [1.82, 2.24) is 15.1 Å². The van der Waals surface area contributed by atoms with Gasteiger partial charge in [0.05, 0.1) is 6.20 Å². The van der Waals surface area contributed by atoms with E-state index in [0.29, 0.717) is 6.04 Å². The van der Waals surface area contributed by atoms with Crippen LogP contribution in [0.2, 0.25) is 0 Å². The van der Waals surface area contributed by atoms with Gasteiger partial charge in [-0.05, 0) is 39.8 Å². The van der Waals surface area contributed by atoms with Crippen LogP contribution in [0.1, 0.15) is 34.0 Å². The quantitative estimate of drug-likeness (QED) is 0.912. The van der Waals surface area contributed by atoms with Crippen molar-refractivity contribution in [2.45, 2.75) is 33.2 Å². The van der Waals surface area contributed by atoms with E-state index >= 15 is 0 Å². The first-order chi connectivity index (χ1) is 9.01. The van der Waals surface area contributed by atoms with Gasteiger partial charge in [-0.25, -0.2) is 0 Å². The van der Waals surface area contributed by atoms with E-state index in [4.69, 9.17) is 0 Å². The van der Waals surface area contributed by atoms with Crippen LogP contribution in [0.4, 0.5) is 0 Å². The minimum absolute atomic E-state index is 0.315. The van der Waals surface area contributed by atoms with Gasteiger partial charge in [-0.15, -0.1) is 0 Å². The minimum atomic E-state index is 0.315. The maximum atomic E-state index is 4.34. The molecule has 1 aromatic carbocycles. The number of rotatable bonds is 4. The molecule has 19 heavy (non-hydrogen) atoms. The molecule has 1 N–H and O–H groups in total. The van der Waals surface area contributed by atoms with Crippen molar-refractivity contribution >= 4 is 0 Å². The predicted molar refractivity (Wildman–Crippen MR) is 79.4 cm³/mol. The van der Waals surface area contributed by atoms with Crippen LogP contribution in [0.25, 0.3) is 0 Å². The van der Waals surface area contributed by atoms with E-state index in [-0.39, 0.29) is 0 Å². The summed E-state index contributed by atoms with van der Waals surface area (Å²) in [4.78, 5) is 0. The topological polar surface area (TPSA) is 29.9 Å². The molecule has 0 saturated carbocycles. The van der Waals surface area contributed by atoms with Gasteiger partial charge in [-0.3, -0.25) is 4.68 Å². The van der Waals surface area contributed by atoms with Gasteiger partial charge in [0, 0.05) is 24.3 Å². The van der Waals surface area contributed by atoms with Gasteiger partial charge < -0.3 is 5.32 Å². The summed E-state index contributed by atoms with van der Waals surface area (Å²) in [6.07, 6.45) is 2.96. The van der Waals surface area contributed by atoms with Crippen LogP contribution in [0.15, 0.2) is 24.4 Å². The summed E-state index contributed by atoms with van der Waals surface area (Å²) in [7, 11) is 4.00. The Morgan fingerprint density at radius 2 is 1.79 bits per heavy atom. The molecule has 1 aromatic heterocycles. The lowest BCUT2D eigenvalue weighted by atomic mass is 9.97. The van der Waals surface area contributed by atoms with Gasteiger partial charge in [-0.1, -0.05) is 29.3 Å². The average Bonchev–Trinajstić information content (AvgIpc) is 2.66. The Balaban J connectivity index is 2.26. The summed E-state index contributed by atoms with van der Waals surface area (Å²) in [5, 5.41) is 7.74. The molecule has 1 atom stereocenters. The molecule has 2 aromatic rings. The minimum Gasteiger partial charge on any atom is -0.313 e. The van der Waals surface area contributed by atoms with Crippen LogP contribution >= 0.6 is 0 Å². The first kappa shape index (κ1) is 13.8. The molecular weight excluding hydrogens is 234 g/mol. The zero-order chi connectivity index (χ0) is 14.0. The zero-order valence-electron chi connectivity index (χ0n) is 12.5. The Morgan fingerprint density at radius 1 is 1.16 bits per heavy atom. The summed E-state index contributed by atoms with van der Waals surface area (Å²) in [5.74, 6) is 0. The molecule has 0 saturated heterocycles. The lowest BCUT2D eigenvalue weighted by Gasteiger charge is -2.17. The van der Waals surface area contributed by atoms with Gasteiger partial charge >= 0.3 is 0 Å². The highest BCUT2D eigenvalue weighted by Gasteiger charge is 2.15. The molecule has 2 rings (SSSR count). The second-order valence-electron chi connectivity index (χ2n) is 5.35. The van der Waals surface area contributed by atoms with Crippen LogP contribution in [-0.2, 0) is 13.5 Å². The van der Waals surface area contributed by atoms with E-state index in [1.54, 1.807) is 0 Å². The average molecular weight is 257 g/mol. The van der Waals surface area contributed by atoms with Crippen LogP contribution in [-0.4, -0.2) is 16.8 Å². The number of aromatic nitrogens is 2. The van der Waals surface area contributed by atoms with E-state index < -0.39 is 0 Å². The first-order valence-electron chi connectivity index (χ1n) is 6.74. The smallest absolute Gasteiger partial charge is 0.0540 e. The third kappa shape index (κ3) is 3.04. The fraction of sp³-hybridized carbons (Fsp3) is 0.438. The fourth-order valence-corrected chi connectivity index (χ4v) is 2.65. The van der Waals surface area contributed by atoms with Gasteiger partial charge in [0.2, 0.25) is 0 Å². The molecule has 1 unspecified atom stereocenters. The summed E-state index contributed by atoms with van der Waals surface area (Å²) in [6, 6.07) is 7.06. The summed E-state index contributed by atoms with van der Waals surface area (Å²) in [5.41, 5.74) is 6.54. The van der Waals surface area contributed by atoms with Gasteiger partial charge in [0.25, 0.3) is 0 Å². The lowest BCUT2D eigenvalue weighted by Crippen LogP contribution is -2.19. The van der Waals surface area contributed by atoms with Crippen LogP contribution in [0.5, 0.6) is 0 Å². The second-order valence-corrected chi connectivity index (χ2v) is 5.35. The Bertz CT molecular complexity index is 549. The van der Waals surface area contributed by atoms with Crippen molar-refractivity contribution < 1.29 is 0 Å². The highest BCUT2D eigenvalue weighted by atomic mass is 15.3. The van der Waals surface area contributed by atoms with Crippen molar-refractivity contribution in [2.75, 3.05) is 7.05 Å². The monoisotopic (exact) mass is 257 g/mol. The lowest BCUT2D eigenvalue weighted by molar-refractivity contribution is 0.586.